The van der Waals surface area contributed by atoms with E-state index in [0.717, 1.165) is 25.0 Å². The minimum Gasteiger partial charge on any atom is -0.493 e. The Bertz CT molecular complexity index is 643. The van der Waals surface area contributed by atoms with E-state index in [1.165, 1.54) is 5.56 Å². The number of ether oxygens (including phenoxy) is 3. The predicted octanol–water partition coefficient (Wildman–Crippen LogP) is 4.81. The summed E-state index contributed by atoms with van der Waals surface area (Å²) in [5.41, 5.74) is 1.17. The lowest BCUT2D eigenvalue weighted by atomic mass is 9.83. The van der Waals surface area contributed by atoms with Gasteiger partial charge >= 0.3 is 5.97 Å². The van der Waals surface area contributed by atoms with Crippen molar-refractivity contribution in [1.29, 1.82) is 0 Å². The lowest BCUT2D eigenvalue weighted by molar-refractivity contribution is -0.144. The maximum absolute atomic E-state index is 11.4. The lowest BCUT2D eigenvalue weighted by Crippen LogP contribution is -2.26. The third-order valence-corrected chi connectivity index (χ3v) is 5.94. The smallest absolute Gasteiger partial charge is 0.306 e. The van der Waals surface area contributed by atoms with Gasteiger partial charge in [0.1, 0.15) is 0 Å². The largest absolute Gasteiger partial charge is 0.493 e. The monoisotopic (exact) mass is 438 g/mol. The highest BCUT2D eigenvalue weighted by atomic mass is 16.5. The second-order valence-electron chi connectivity index (χ2n) is 9.04. The van der Waals surface area contributed by atoms with Gasteiger partial charge < -0.3 is 24.4 Å². The molecule has 3 atom stereocenters. The Morgan fingerprint density at radius 1 is 1.00 bits per heavy atom. The van der Waals surface area contributed by atoms with E-state index in [-0.39, 0.29) is 5.92 Å². The van der Waals surface area contributed by atoms with Crippen LogP contribution in [0.1, 0.15) is 58.9 Å². The highest BCUT2D eigenvalue weighted by molar-refractivity contribution is 5.70. The lowest BCUT2D eigenvalue weighted by Gasteiger charge is -2.25. The topological polar surface area (TPSA) is 85.2 Å². The standard InChI is InChI=1S/C25H42O6/c1-17(2)20(9-10-21(26)16-22(18(3)4)25(27)28)14-19-8-11-23(30-6)24(15-19)31-13-7-12-29-5/h8,11,15,17-18,20-22,26H,7,9-10,12-14,16H2,1-6H3,(H,27,28). The normalized spacial score (nSPS) is 14.5. The molecule has 2 N–H and O–H groups in total. The van der Waals surface area contributed by atoms with Crippen molar-refractivity contribution < 1.29 is 29.2 Å². The minimum absolute atomic E-state index is 0.00894. The Morgan fingerprint density at radius 2 is 1.71 bits per heavy atom. The molecular formula is C25H42O6. The number of hydrogen-bond acceptors (Lipinski definition) is 5. The summed E-state index contributed by atoms with van der Waals surface area (Å²) < 4.78 is 16.4. The first-order chi connectivity index (χ1) is 14.7. The Balaban J connectivity index is 2.74. The van der Waals surface area contributed by atoms with Gasteiger partial charge in [-0.1, -0.05) is 33.8 Å². The Labute approximate surface area is 187 Å². The zero-order valence-corrected chi connectivity index (χ0v) is 20.1. The van der Waals surface area contributed by atoms with E-state index in [2.05, 4.69) is 19.9 Å². The highest BCUT2D eigenvalue weighted by Gasteiger charge is 2.25. The number of carbonyl (C=O) groups is 1. The van der Waals surface area contributed by atoms with Crippen LogP contribution in [0, 0.1) is 23.7 Å². The molecule has 0 saturated carbocycles. The second kappa shape index (κ2) is 14.3. The predicted molar refractivity (Wildman–Crippen MR) is 123 cm³/mol. The number of aliphatic hydroxyl groups is 1. The summed E-state index contributed by atoms with van der Waals surface area (Å²) in [4.78, 5) is 11.4. The van der Waals surface area contributed by atoms with Crippen LogP contribution in [0.4, 0.5) is 0 Å². The molecule has 1 rings (SSSR count). The number of aliphatic carboxylic acids is 1. The van der Waals surface area contributed by atoms with Gasteiger partial charge in [-0.2, -0.15) is 0 Å². The average molecular weight is 439 g/mol. The van der Waals surface area contributed by atoms with Crippen molar-refractivity contribution in [2.45, 2.75) is 65.9 Å². The summed E-state index contributed by atoms with van der Waals surface area (Å²) in [6, 6.07) is 6.04. The van der Waals surface area contributed by atoms with Gasteiger partial charge in [0.2, 0.25) is 0 Å². The van der Waals surface area contributed by atoms with Crippen molar-refractivity contribution in [1.82, 2.24) is 0 Å². The minimum atomic E-state index is -0.828. The molecule has 0 aromatic heterocycles. The van der Waals surface area contributed by atoms with E-state index in [1.807, 2.05) is 26.0 Å². The van der Waals surface area contributed by atoms with Crippen LogP contribution < -0.4 is 9.47 Å². The van der Waals surface area contributed by atoms with Crippen LogP contribution >= 0.6 is 0 Å². The molecule has 6 heteroatoms. The van der Waals surface area contributed by atoms with Gasteiger partial charge in [0.15, 0.2) is 11.5 Å². The van der Waals surface area contributed by atoms with Gasteiger partial charge in [0.25, 0.3) is 0 Å². The molecule has 0 saturated heterocycles. The molecule has 178 valence electrons. The van der Waals surface area contributed by atoms with Crippen LogP contribution in [0.15, 0.2) is 18.2 Å². The number of benzene rings is 1. The molecule has 0 bridgehead atoms. The first-order valence-corrected chi connectivity index (χ1v) is 11.4. The van der Waals surface area contributed by atoms with Crippen molar-refractivity contribution >= 4 is 5.97 Å². The molecule has 0 aliphatic carbocycles. The summed E-state index contributed by atoms with van der Waals surface area (Å²) in [5.74, 6) is 0.950. The van der Waals surface area contributed by atoms with Gasteiger partial charge in [0, 0.05) is 20.1 Å². The number of rotatable bonds is 16. The van der Waals surface area contributed by atoms with E-state index in [9.17, 15) is 15.0 Å². The van der Waals surface area contributed by atoms with Gasteiger partial charge in [-0.25, -0.2) is 0 Å². The molecule has 0 spiro atoms. The summed E-state index contributed by atoms with van der Waals surface area (Å²) in [7, 11) is 3.31. The van der Waals surface area contributed by atoms with Crippen molar-refractivity contribution in [3.05, 3.63) is 23.8 Å². The van der Waals surface area contributed by atoms with E-state index in [4.69, 9.17) is 14.2 Å². The second-order valence-corrected chi connectivity index (χ2v) is 9.04. The highest BCUT2D eigenvalue weighted by Crippen LogP contribution is 2.31. The number of carboxylic acid groups (broad SMARTS) is 1. The van der Waals surface area contributed by atoms with Crippen LogP contribution in [0.3, 0.4) is 0 Å². The molecule has 1 aromatic rings. The van der Waals surface area contributed by atoms with Crippen LogP contribution in [0.5, 0.6) is 11.5 Å². The van der Waals surface area contributed by atoms with Gasteiger partial charge in [-0.15, -0.1) is 0 Å². The van der Waals surface area contributed by atoms with E-state index >= 15 is 0 Å². The first-order valence-electron chi connectivity index (χ1n) is 11.4. The molecular weight excluding hydrogens is 396 g/mol. The molecule has 0 amide bonds. The fourth-order valence-corrected chi connectivity index (χ4v) is 3.80. The summed E-state index contributed by atoms with van der Waals surface area (Å²) in [6.45, 7) is 9.38. The summed E-state index contributed by atoms with van der Waals surface area (Å²) >= 11 is 0. The maximum atomic E-state index is 11.4. The zero-order valence-electron chi connectivity index (χ0n) is 20.1. The van der Waals surface area contributed by atoms with Crippen LogP contribution in [0.2, 0.25) is 0 Å². The molecule has 0 aliphatic rings. The molecule has 0 fully saturated rings. The van der Waals surface area contributed by atoms with Crippen LogP contribution in [-0.4, -0.2) is 49.7 Å². The van der Waals surface area contributed by atoms with E-state index in [0.29, 0.717) is 43.6 Å². The molecule has 0 heterocycles. The average Bonchev–Trinajstić information content (AvgIpc) is 2.71. The molecule has 6 nitrogen and oxygen atoms in total. The third-order valence-electron chi connectivity index (χ3n) is 5.94. The molecule has 1 aromatic carbocycles. The Hall–Kier alpha value is -1.79. The summed E-state index contributed by atoms with van der Waals surface area (Å²) in [5, 5.41) is 19.8. The zero-order chi connectivity index (χ0) is 23.4. The third kappa shape index (κ3) is 9.92. The summed E-state index contributed by atoms with van der Waals surface area (Å²) in [6.07, 6.45) is 2.84. The fraction of sp³-hybridized carbons (Fsp3) is 0.720. The van der Waals surface area contributed by atoms with Gasteiger partial charge in [-0.05, 0) is 61.1 Å². The van der Waals surface area contributed by atoms with Crippen molar-refractivity contribution in [3.63, 3.8) is 0 Å². The SMILES string of the molecule is COCCCOc1cc(CC(CCC(O)CC(C(=O)O)C(C)C)C(C)C)ccc1OC. The Kier molecular flexibility index (Phi) is 12.6. The molecule has 31 heavy (non-hydrogen) atoms. The molecule has 3 unspecified atom stereocenters. The number of hydrogen-bond donors (Lipinski definition) is 2. The Morgan fingerprint density at radius 3 is 2.26 bits per heavy atom. The van der Waals surface area contributed by atoms with E-state index < -0.39 is 18.0 Å². The van der Waals surface area contributed by atoms with Crippen molar-refractivity contribution in [2.75, 3.05) is 27.4 Å². The fourth-order valence-electron chi connectivity index (χ4n) is 3.80. The van der Waals surface area contributed by atoms with Crippen molar-refractivity contribution in [2.24, 2.45) is 23.7 Å². The van der Waals surface area contributed by atoms with Gasteiger partial charge in [0.05, 0.1) is 25.7 Å². The van der Waals surface area contributed by atoms with Crippen LogP contribution in [-0.2, 0) is 16.0 Å². The molecule has 0 radical (unpaired) electrons. The number of methoxy groups -OCH3 is 2. The first kappa shape index (κ1) is 27.2. The molecule has 0 aliphatic heterocycles. The maximum Gasteiger partial charge on any atom is 0.306 e. The number of carboxylic acids is 1. The van der Waals surface area contributed by atoms with Gasteiger partial charge in [-0.3, -0.25) is 4.79 Å². The quantitative estimate of drug-likeness (QED) is 0.360. The van der Waals surface area contributed by atoms with Crippen molar-refractivity contribution in [3.8, 4) is 11.5 Å². The van der Waals surface area contributed by atoms with E-state index in [1.54, 1.807) is 14.2 Å². The number of aliphatic hydroxyl groups excluding tert-OH is 1. The van der Waals surface area contributed by atoms with Crippen LogP contribution in [0.25, 0.3) is 0 Å².